The summed E-state index contributed by atoms with van der Waals surface area (Å²) in [7, 11) is 0. The van der Waals surface area contributed by atoms with Crippen LogP contribution in [0.2, 0.25) is 5.02 Å². The number of benzene rings is 2. The fourth-order valence-electron chi connectivity index (χ4n) is 3.60. The lowest BCUT2D eigenvalue weighted by Crippen LogP contribution is -2.43. The maximum absolute atomic E-state index is 14.1. The molecular formula is C23H17ClF5N3S. The van der Waals surface area contributed by atoms with Crippen LogP contribution in [0.4, 0.5) is 27.6 Å². The minimum absolute atomic E-state index is 0.174. The molecule has 1 atom stereocenters. The molecule has 1 aliphatic rings. The van der Waals surface area contributed by atoms with Crippen molar-refractivity contribution in [2.24, 2.45) is 5.10 Å². The molecule has 2 heterocycles. The van der Waals surface area contributed by atoms with Crippen LogP contribution in [0.15, 0.2) is 76.9 Å². The van der Waals surface area contributed by atoms with Crippen molar-refractivity contribution in [2.45, 2.75) is 29.5 Å². The lowest BCUT2D eigenvalue weighted by molar-refractivity contribution is -0.249. The van der Waals surface area contributed by atoms with Crippen molar-refractivity contribution >= 4 is 34.8 Å². The van der Waals surface area contributed by atoms with Crippen LogP contribution < -0.4 is 5.01 Å². The van der Waals surface area contributed by atoms with Gasteiger partial charge in [-0.3, -0.25) is 9.99 Å². The number of anilines is 1. The molecule has 1 unspecified atom stereocenters. The number of pyridine rings is 1. The van der Waals surface area contributed by atoms with Gasteiger partial charge in [0.1, 0.15) is 11.8 Å². The van der Waals surface area contributed by atoms with E-state index in [1.54, 1.807) is 42.2 Å². The van der Waals surface area contributed by atoms with E-state index in [4.69, 9.17) is 11.6 Å². The minimum atomic E-state index is -5.76. The fraction of sp³-hybridized carbons (Fsp3) is 0.217. The van der Waals surface area contributed by atoms with E-state index in [9.17, 15) is 22.0 Å². The zero-order chi connectivity index (χ0) is 23.8. The van der Waals surface area contributed by atoms with E-state index in [0.29, 0.717) is 5.69 Å². The van der Waals surface area contributed by atoms with Crippen LogP contribution in [-0.4, -0.2) is 29.1 Å². The highest BCUT2D eigenvalue weighted by atomic mass is 35.5. The number of hydrazone groups is 1. The summed E-state index contributed by atoms with van der Waals surface area (Å²) in [4.78, 5) is 5.43. The van der Waals surface area contributed by atoms with Gasteiger partial charge in [-0.05, 0) is 36.1 Å². The van der Waals surface area contributed by atoms with Crippen LogP contribution in [0.5, 0.6) is 0 Å². The highest BCUT2D eigenvalue weighted by Gasteiger charge is 2.63. The number of halogens is 6. The maximum Gasteiger partial charge on any atom is 0.459 e. The molecule has 0 saturated carbocycles. The van der Waals surface area contributed by atoms with Crippen LogP contribution in [0, 0.1) is 0 Å². The normalized spacial score (nSPS) is 16.8. The Morgan fingerprint density at radius 3 is 2.30 bits per heavy atom. The van der Waals surface area contributed by atoms with Gasteiger partial charge in [0.25, 0.3) is 0 Å². The molecule has 0 saturated heterocycles. The Balaban J connectivity index is 1.73. The van der Waals surface area contributed by atoms with E-state index >= 15 is 0 Å². The van der Waals surface area contributed by atoms with Gasteiger partial charge in [-0.1, -0.05) is 48.0 Å². The largest absolute Gasteiger partial charge is 0.459 e. The Hall–Kier alpha value is -2.65. The maximum atomic E-state index is 14.1. The molecule has 3 aromatic rings. The van der Waals surface area contributed by atoms with E-state index in [2.05, 4.69) is 10.1 Å². The number of hydrogen-bond donors (Lipinski definition) is 0. The summed E-state index contributed by atoms with van der Waals surface area (Å²) in [5.41, 5.74) is 0.984. The van der Waals surface area contributed by atoms with Crippen molar-refractivity contribution in [2.75, 3.05) is 11.3 Å². The van der Waals surface area contributed by atoms with Crippen molar-refractivity contribution in [1.29, 1.82) is 0 Å². The number of thioether (sulfide) groups is 1. The molecule has 0 bridgehead atoms. The SMILES string of the molecule is CSc1ccccc1-c1ccc(C2CC(C(F)(F)C(F)(F)F)=NN2c2ccccc2Cl)nc1. The predicted octanol–water partition coefficient (Wildman–Crippen LogP) is 7.63. The number of hydrogen-bond acceptors (Lipinski definition) is 4. The molecule has 3 nitrogen and oxygen atoms in total. The third kappa shape index (κ3) is 4.44. The van der Waals surface area contributed by atoms with Crippen molar-refractivity contribution < 1.29 is 22.0 Å². The van der Waals surface area contributed by atoms with Gasteiger partial charge in [-0.2, -0.15) is 27.1 Å². The van der Waals surface area contributed by atoms with Gasteiger partial charge >= 0.3 is 12.1 Å². The molecule has 33 heavy (non-hydrogen) atoms. The van der Waals surface area contributed by atoms with Gasteiger partial charge in [0.05, 0.1) is 16.4 Å². The Labute approximate surface area is 196 Å². The monoisotopic (exact) mass is 497 g/mol. The Kier molecular flexibility index (Phi) is 6.37. The Morgan fingerprint density at radius 2 is 1.67 bits per heavy atom. The molecule has 0 aliphatic carbocycles. The predicted molar refractivity (Wildman–Crippen MR) is 121 cm³/mol. The summed E-state index contributed by atoms with van der Waals surface area (Å²) in [5, 5.41) is 4.94. The fourth-order valence-corrected chi connectivity index (χ4v) is 4.44. The van der Waals surface area contributed by atoms with E-state index < -0.39 is 30.3 Å². The third-order valence-electron chi connectivity index (χ3n) is 5.27. The average Bonchev–Trinajstić information content (AvgIpc) is 3.25. The van der Waals surface area contributed by atoms with Gasteiger partial charge in [-0.15, -0.1) is 11.8 Å². The first kappa shape index (κ1) is 23.5. The second kappa shape index (κ2) is 8.95. The highest BCUT2D eigenvalue weighted by molar-refractivity contribution is 7.98. The van der Waals surface area contributed by atoms with Gasteiger partial charge in [0, 0.05) is 23.1 Å². The summed E-state index contributed by atoms with van der Waals surface area (Å²) >= 11 is 7.77. The molecule has 1 aromatic heterocycles. The van der Waals surface area contributed by atoms with Gasteiger partial charge < -0.3 is 0 Å². The molecule has 0 amide bonds. The van der Waals surface area contributed by atoms with Crippen molar-refractivity contribution in [3.63, 3.8) is 0 Å². The lowest BCUT2D eigenvalue weighted by Gasteiger charge is -2.24. The summed E-state index contributed by atoms with van der Waals surface area (Å²) < 4.78 is 67.4. The number of para-hydroxylation sites is 1. The number of aromatic nitrogens is 1. The summed E-state index contributed by atoms with van der Waals surface area (Å²) in [6, 6.07) is 16.4. The number of alkyl halides is 5. The topological polar surface area (TPSA) is 28.5 Å². The van der Waals surface area contributed by atoms with E-state index in [0.717, 1.165) is 21.0 Å². The Morgan fingerprint density at radius 1 is 0.970 bits per heavy atom. The van der Waals surface area contributed by atoms with E-state index in [-0.39, 0.29) is 10.7 Å². The first-order valence-electron chi connectivity index (χ1n) is 9.79. The summed E-state index contributed by atoms with van der Waals surface area (Å²) in [5.74, 6) is -5.07. The van der Waals surface area contributed by atoms with Crippen LogP contribution in [-0.2, 0) is 0 Å². The van der Waals surface area contributed by atoms with Crippen LogP contribution in [0.3, 0.4) is 0 Å². The van der Waals surface area contributed by atoms with Gasteiger partial charge in [0.2, 0.25) is 0 Å². The smallest absolute Gasteiger partial charge is 0.258 e. The first-order valence-corrected chi connectivity index (χ1v) is 11.4. The molecule has 0 N–H and O–H groups in total. The zero-order valence-corrected chi connectivity index (χ0v) is 18.7. The molecule has 1 aliphatic heterocycles. The highest BCUT2D eigenvalue weighted by Crippen LogP contribution is 2.45. The van der Waals surface area contributed by atoms with Gasteiger partial charge in [0.15, 0.2) is 0 Å². The lowest BCUT2D eigenvalue weighted by atomic mass is 10.0. The molecule has 0 radical (unpaired) electrons. The molecule has 0 fully saturated rings. The minimum Gasteiger partial charge on any atom is -0.258 e. The van der Waals surface area contributed by atoms with Crippen molar-refractivity contribution in [3.8, 4) is 11.1 Å². The summed E-state index contributed by atoms with van der Waals surface area (Å²) in [6.07, 6.45) is -2.88. The van der Waals surface area contributed by atoms with Crippen molar-refractivity contribution in [3.05, 3.63) is 77.6 Å². The van der Waals surface area contributed by atoms with E-state index in [1.165, 1.54) is 12.1 Å². The van der Waals surface area contributed by atoms with Gasteiger partial charge in [-0.25, -0.2) is 0 Å². The third-order valence-corrected chi connectivity index (χ3v) is 6.39. The molecule has 10 heteroatoms. The number of rotatable bonds is 5. The van der Waals surface area contributed by atoms with Crippen LogP contribution >= 0.6 is 23.4 Å². The van der Waals surface area contributed by atoms with Crippen LogP contribution in [0.1, 0.15) is 18.2 Å². The summed E-state index contributed by atoms with van der Waals surface area (Å²) in [6.45, 7) is 0. The van der Waals surface area contributed by atoms with Crippen LogP contribution in [0.25, 0.3) is 11.1 Å². The molecule has 0 spiro atoms. The molecule has 4 rings (SSSR count). The molecule has 172 valence electrons. The zero-order valence-electron chi connectivity index (χ0n) is 17.2. The standard InChI is InChI=1S/C23H17ClF5N3S/c1-33-20-9-5-2-6-15(20)14-10-11-17(30-13-14)19-12-21(22(25,26)23(27,28)29)31-32(19)18-8-4-3-7-16(18)24/h2-11,13,19H,12H2,1H3. The first-order chi connectivity index (χ1) is 15.6. The molecule has 2 aromatic carbocycles. The Bertz CT molecular complexity index is 1180. The second-order valence-electron chi connectivity index (χ2n) is 7.31. The average molecular weight is 498 g/mol. The second-order valence-corrected chi connectivity index (χ2v) is 8.56. The number of nitrogens with zero attached hydrogens (tertiary/aromatic N) is 3. The van der Waals surface area contributed by atoms with Crippen molar-refractivity contribution in [1.82, 2.24) is 4.98 Å². The molecular weight excluding hydrogens is 481 g/mol. The quantitative estimate of drug-likeness (QED) is 0.268. The van der Waals surface area contributed by atoms with E-state index in [1.807, 2.05) is 30.5 Å².